The molecule has 0 radical (unpaired) electrons. The van der Waals surface area contributed by atoms with Gasteiger partial charge in [0.2, 0.25) is 0 Å². The van der Waals surface area contributed by atoms with Gasteiger partial charge in [-0.2, -0.15) is 32.3 Å². The van der Waals surface area contributed by atoms with Crippen molar-refractivity contribution in [3.8, 4) is 17.6 Å². The van der Waals surface area contributed by atoms with Crippen molar-refractivity contribution in [1.82, 2.24) is 0 Å². The second kappa shape index (κ2) is 35.5. The number of ether oxygens (including phenoxy) is 2. The van der Waals surface area contributed by atoms with Gasteiger partial charge < -0.3 is 9.47 Å². The van der Waals surface area contributed by atoms with Gasteiger partial charge in [-0.15, -0.1) is 0 Å². The highest BCUT2D eigenvalue weighted by molar-refractivity contribution is 7.59. The van der Waals surface area contributed by atoms with E-state index in [0.29, 0.717) is 24.0 Å². The van der Waals surface area contributed by atoms with E-state index in [-0.39, 0.29) is 50.4 Å². The molecule has 0 N–H and O–H groups in total. The first kappa shape index (κ1) is 50.5. The molecule has 0 aliphatic carbocycles. The van der Waals surface area contributed by atoms with Gasteiger partial charge in [0.25, 0.3) is 5.69 Å². The number of benzene rings is 2. The number of nitrogens with zero attached hydrogens (tertiary/aromatic N) is 2. The van der Waals surface area contributed by atoms with Gasteiger partial charge >= 0.3 is 0 Å². The number of hydrogen-bond acceptors (Lipinski definition) is 5. The van der Waals surface area contributed by atoms with Crippen molar-refractivity contribution in [1.29, 1.82) is 5.26 Å². The fraction of sp³-hybridized carbons (Fsp3) is 0.658. The lowest BCUT2D eigenvalue weighted by Crippen LogP contribution is -2.16. The molecule has 0 atom stereocenters. The first-order valence-electron chi connectivity index (χ1n) is 16.6. The summed E-state index contributed by atoms with van der Waals surface area (Å²) in [6.45, 7) is 7.41. The van der Waals surface area contributed by atoms with E-state index in [1.807, 2.05) is 24.3 Å². The average Bonchev–Trinajstić information content (AvgIpc) is 3.01. The molecule has 0 bridgehead atoms. The van der Waals surface area contributed by atoms with Crippen LogP contribution in [-0.2, 0) is 0 Å². The third-order valence-corrected chi connectivity index (χ3v) is 7.36. The van der Waals surface area contributed by atoms with E-state index in [1.54, 1.807) is 12.1 Å². The molecule has 2 aromatic carbocycles. The third kappa shape index (κ3) is 26.8. The van der Waals surface area contributed by atoms with E-state index < -0.39 is 4.92 Å². The number of non-ortho nitro benzene ring substituents is 1. The van der Waals surface area contributed by atoms with Crippen LogP contribution in [0.15, 0.2) is 48.5 Å². The molecule has 0 saturated carbocycles. The van der Waals surface area contributed by atoms with Gasteiger partial charge in [-0.3, -0.25) is 10.1 Å². The van der Waals surface area contributed by atoms with Crippen molar-refractivity contribution >= 4 is 32.7 Å². The second-order valence-electron chi connectivity index (χ2n) is 11.1. The van der Waals surface area contributed by atoms with Gasteiger partial charge in [0.1, 0.15) is 11.5 Å². The van der Waals surface area contributed by atoms with Crippen molar-refractivity contribution in [2.45, 2.75) is 157 Å². The fourth-order valence-corrected chi connectivity index (χ4v) is 4.75. The van der Waals surface area contributed by atoms with Gasteiger partial charge in [0.15, 0.2) is 0 Å². The van der Waals surface area contributed by atoms with Crippen molar-refractivity contribution in [2.24, 2.45) is 0 Å². The maximum Gasteiger partial charge on any atom is 0.269 e. The molecule has 0 aliphatic rings. The monoisotopic (exact) mass is 687 g/mol. The lowest BCUT2D eigenvalue weighted by Gasteiger charge is -2.19. The molecular formula is C38H72N2O4S2. The molecule has 6 nitrogen and oxygen atoms in total. The highest BCUT2D eigenvalue weighted by Crippen LogP contribution is 2.21. The second-order valence-corrected chi connectivity index (χ2v) is 11.1. The number of nitriles is 1. The van der Waals surface area contributed by atoms with Crippen LogP contribution in [-0.4, -0.2) is 17.6 Å². The summed E-state index contributed by atoms with van der Waals surface area (Å²) in [4.78, 5) is 10.1. The van der Waals surface area contributed by atoms with Gasteiger partial charge in [0, 0.05) is 15.0 Å². The maximum atomic E-state index is 10.5. The summed E-state index contributed by atoms with van der Waals surface area (Å²) in [5, 5.41) is 19.4. The summed E-state index contributed by atoms with van der Waals surface area (Å²) in [6.07, 6.45) is 23.1. The smallest absolute Gasteiger partial charge is 0.269 e. The lowest BCUT2D eigenvalue weighted by atomic mass is 10.0. The van der Waals surface area contributed by atoms with Crippen LogP contribution in [0.3, 0.4) is 0 Å². The van der Waals surface area contributed by atoms with Crippen LogP contribution in [0.2, 0.25) is 0 Å². The van der Waals surface area contributed by atoms with Crippen LogP contribution in [0.4, 0.5) is 5.69 Å². The van der Waals surface area contributed by atoms with Crippen molar-refractivity contribution in [3.63, 3.8) is 0 Å². The number of rotatable bonds is 23. The molecule has 46 heavy (non-hydrogen) atoms. The molecule has 2 aromatic rings. The number of nitro benzene ring substituents is 1. The molecule has 0 spiro atoms. The molecule has 0 aliphatic heterocycles. The summed E-state index contributed by atoms with van der Waals surface area (Å²) in [5.41, 5.74) is 0.791. The summed E-state index contributed by atoms with van der Waals surface area (Å²) < 4.78 is 11.7. The molecule has 2 rings (SSSR count). The fourth-order valence-electron chi connectivity index (χ4n) is 4.75. The lowest BCUT2D eigenvalue weighted by molar-refractivity contribution is -0.384. The predicted molar refractivity (Wildman–Crippen MR) is 213 cm³/mol. The van der Waals surface area contributed by atoms with Crippen molar-refractivity contribution in [2.75, 3.05) is 6.61 Å². The summed E-state index contributed by atoms with van der Waals surface area (Å²) >= 11 is 0. The summed E-state index contributed by atoms with van der Waals surface area (Å²) in [5.74, 6) is 1.61. The standard InChI is InChI=1S/C20H31NO.C16H25NO3.2CH4.2H2S.2H2/c1-3-5-7-9-11-19(12-10-8-6-4-2)22-20-15-13-18(17-21)14-16-20;1-2-3-4-5-6-7-8-9-14-20-16-12-10-15(11-13-16)17(18)19;;;;;;/h13-16,19H,3-12H2,1-2H3;10-13H,2-9,14H2,1H3;2*1H4;2*1H2;2*1H/i;;;;;;2*1+1. The minimum absolute atomic E-state index is 0. The molecule has 0 saturated heterocycles. The number of hydrogen-bond donors (Lipinski definition) is 0. The van der Waals surface area contributed by atoms with Crippen molar-refractivity contribution in [3.05, 3.63) is 64.2 Å². The third-order valence-electron chi connectivity index (χ3n) is 7.36. The largest absolute Gasteiger partial charge is 0.494 e. The minimum Gasteiger partial charge on any atom is -0.494 e. The molecule has 0 unspecified atom stereocenters. The zero-order valence-electron chi connectivity index (χ0n) is 27.7. The zero-order chi connectivity index (χ0) is 30.7. The zero-order valence-corrected chi connectivity index (χ0v) is 29.7. The van der Waals surface area contributed by atoms with E-state index in [9.17, 15) is 10.1 Å². The van der Waals surface area contributed by atoms with Gasteiger partial charge in [-0.05, 0) is 68.5 Å². The molecule has 0 fully saturated rings. The van der Waals surface area contributed by atoms with Crippen LogP contribution in [0, 0.1) is 21.4 Å². The highest BCUT2D eigenvalue weighted by Gasteiger charge is 2.10. The Labute approximate surface area is 300 Å². The molecule has 0 aromatic heterocycles. The van der Waals surface area contributed by atoms with E-state index in [2.05, 4.69) is 26.8 Å². The van der Waals surface area contributed by atoms with Crippen LogP contribution < -0.4 is 9.47 Å². The SMILES string of the molecule is C.C.CCCCCCC(CCCCCC)Oc1ccc(C#N)cc1.CCCCCCCCCCOc1ccc([N+](=O)[O-])cc1.S.S.[2HH].[2HH]. The van der Waals surface area contributed by atoms with Crippen LogP contribution >= 0.6 is 27.0 Å². The number of nitro groups is 1. The molecule has 8 heteroatoms. The Morgan fingerprint density at radius 2 is 1.09 bits per heavy atom. The Bertz CT molecular complexity index is 966. The van der Waals surface area contributed by atoms with Crippen LogP contribution in [0.5, 0.6) is 11.5 Å². The molecule has 270 valence electrons. The Hall–Kier alpha value is -2.37. The first-order chi connectivity index (χ1) is 20.5. The first-order valence-corrected chi connectivity index (χ1v) is 16.6. The van der Waals surface area contributed by atoms with Gasteiger partial charge in [-0.1, -0.05) is 119 Å². The maximum absolute atomic E-state index is 10.5. The Balaban J connectivity index is -0.000000164. The van der Waals surface area contributed by atoms with Gasteiger partial charge in [0.05, 0.1) is 29.3 Å². The molecule has 0 amide bonds. The van der Waals surface area contributed by atoms with E-state index in [0.717, 1.165) is 25.0 Å². The van der Waals surface area contributed by atoms with E-state index >= 15 is 0 Å². The molecule has 0 heterocycles. The normalized spacial score (nSPS) is 9.63. The minimum atomic E-state index is -0.400. The number of unbranched alkanes of at least 4 members (excludes halogenated alkanes) is 13. The molecular weight excluding hydrogens is 613 g/mol. The van der Waals surface area contributed by atoms with E-state index in [4.69, 9.17) is 14.7 Å². The quantitative estimate of drug-likeness (QED) is 0.0660. The predicted octanol–water partition coefficient (Wildman–Crippen LogP) is 13.4. The van der Waals surface area contributed by atoms with E-state index in [1.165, 1.54) is 108 Å². The summed E-state index contributed by atoms with van der Waals surface area (Å²) in [6, 6.07) is 15.9. The Kier molecular flexibility index (Phi) is 38.9. The van der Waals surface area contributed by atoms with Crippen LogP contribution in [0.25, 0.3) is 0 Å². The highest BCUT2D eigenvalue weighted by atomic mass is 32.1. The topological polar surface area (TPSA) is 85.4 Å². The average molecular weight is 687 g/mol. The van der Waals surface area contributed by atoms with Crippen LogP contribution in [0.1, 0.15) is 160 Å². The Morgan fingerprint density at radius 1 is 0.674 bits per heavy atom. The van der Waals surface area contributed by atoms with Gasteiger partial charge in [-0.25, -0.2) is 0 Å². The van der Waals surface area contributed by atoms with Crippen molar-refractivity contribution < 1.29 is 17.3 Å². The Morgan fingerprint density at radius 3 is 1.52 bits per heavy atom. The summed E-state index contributed by atoms with van der Waals surface area (Å²) in [7, 11) is 0.